The lowest BCUT2D eigenvalue weighted by molar-refractivity contribution is -0.136. The second kappa shape index (κ2) is 12.6. The van der Waals surface area contributed by atoms with E-state index in [1.54, 1.807) is 37.1 Å². The molecule has 1 aliphatic rings. The molecule has 0 aromatic carbocycles. The van der Waals surface area contributed by atoms with E-state index in [9.17, 15) is 14.4 Å². The summed E-state index contributed by atoms with van der Waals surface area (Å²) in [6.45, 7) is 4.38. The van der Waals surface area contributed by atoms with Gasteiger partial charge in [0.25, 0.3) is 0 Å². The van der Waals surface area contributed by atoms with Gasteiger partial charge in [-0.2, -0.15) is 0 Å². The van der Waals surface area contributed by atoms with Gasteiger partial charge >= 0.3 is 6.03 Å². The quantitative estimate of drug-likeness (QED) is 0.318. The molecule has 0 spiro atoms. The van der Waals surface area contributed by atoms with Crippen molar-refractivity contribution in [2.45, 2.75) is 13.5 Å². The number of amides is 3. The summed E-state index contributed by atoms with van der Waals surface area (Å²) in [6.07, 6.45) is 2.15. The van der Waals surface area contributed by atoms with Gasteiger partial charge in [0.2, 0.25) is 5.91 Å². The molecule has 1 saturated heterocycles. The molecular weight excluding hydrogens is 464 g/mol. The Morgan fingerprint density at radius 1 is 1.31 bits per heavy atom. The number of nitrogens with one attached hydrogen (secondary N) is 1. The maximum atomic E-state index is 12.9. The summed E-state index contributed by atoms with van der Waals surface area (Å²) in [5, 5.41) is 2.70. The van der Waals surface area contributed by atoms with Crippen LogP contribution in [-0.2, 0) is 16.1 Å². The molecule has 3 amide bonds. The summed E-state index contributed by atoms with van der Waals surface area (Å²) >= 11 is 0. The van der Waals surface area contributed by atoms with Gasteiger partial charge in [0, 0.05) is 51.6 Å². The third-order valence-corrected chi connectivity index (χ3v) is 5.53. The minimum Gasteiger partial charge on any atom is -0.490 e. The standard InChI is InChI=1S/C25H30N6O5/c1-5-6-18-14-26-22(13-21(18)36-12-11-35-4)28-25(34)30(3)23-8-7-19(20(17-32)27-23)15-31-10-9-29(2)16-24(31)33/h7-8,13-14,17H,9-12,15-16H2,1-4H3,(H,26,28,34). The summed E-state index contributed by atoms with van der Waals surface area (Å²) in [6, 6.07) is 4.42. The zero-order valence-electron chi connectivity index (χ0n) is 20.9. The number of aromatic nitrogens is 2. The number of hydrogen-bond donors (Lipinski definition) is 1. The average molecular weight is 495 g/mol. The van der Waals surface area contributed by atoms with Crippen molar-refractivity contribution in [3.8, 4) is 17.6 Å². The Balaban J connectivity index is 1.72. The Hall–Kier alpha value is -4.01. The van der Waals surface area contributed by atoms with E-state index in [1.807, 2.05) is 11.9 Å². The molecule has 0 unspecified atom stereocenters. The van der Waals surface area contributed by atoms with Gasteiger partial charge in [-0.25, -0.2) is 14.8 Å². The number of ether oxygens (including phenoxy) is 2. The SMILES string of the molecule is CC#Cc1cnc(NC(=O)N(C)c2ccc(CN3CCN(C)CC3=O)c(C=O)n2)cc1OCCOC. The Kier molecular flexibility index (Phi) is 9.32. The first kappa shape index (κ1) is 26.6. The number of carbonyl (C=O) groups is 3. The summed E-state index contributed by atoms with van der Waals surface area (Å²) in [5.74, 6) is 6.72. The van der Waals surface area contributed by atoms with Crippen LogP contribution in [0.4, 0.5) is 16.4 Å². The molecule has 11 nitrogen and oxygen atoms in total. The fourth-order valence-electron chi connectivity index (χ4n) is 3.50. The van der Waals surface area contributed by atoms with Crippen LogP contribution in [0.1, 0.15) is 28.5 Å². The highest BCUT2D eigenvalue weighted by atomic mass is 16.5. The number of urea groups is 1. The van der Waals surface area contributed by atoms with Crippen molar-refractivity contribution in [1.82, 2.24) is 19.8 Å². The normalized spacial score (nSPS) is 13.6. The molecule has 3 heterocycles. The fraction of sp³-hybridized carbons (Fsp3) is 0.400. The maximum absolute atomic E-state index is 12.9. The molecule has 0 bridgehead atoms. The van der Waals surface area contributed by atoms with Crippen molar-refractivity contribution in [3.05, 3.63) is 41.2 Å². The fourth-order valence-corrected chi connectivity index (χ4v) is 3.50. The van der Waals surface area contributed by atoms with Crippen LogP contribution in [0, 0.1) is 11.8 Å². The highest BCUT2D eigenvalue weighted by Crippen LogP contribution is 2.22. The zero-order chi connectivity index (χ0) is 26.1. The molecule has 3 rings (SSSR count). The minimum absolute atomic E-state index is 0.00447. The van der Waals surface area contributed by atoms with Crippen LogP contribution in [0.2, 0.25) is 0 Å². The van der Waals surface area contributed by atoms with Gasteiger partial charge in [-0.15, -0.1) is 5.92 Å². The van der Waals surface area contributed by atoms with Gasteiger partial charge in [-0.05, 0) is 20.0 Å². The van der Waals surface area contributed by atoms with E-state index in [0.717, 1.165) is 6.54 Å². The number of hydrogen-bond acceptors (Lipinski definition) is 8. The maximum Gasteiger partial charge on any atom is 0.328 e. The zero-order valence-corrected chi connectivity index (χ0v) is 20.9. The summed E-state index contributed by atoms with van der Waals surface area (Å²) < 4.78 is 10.7. The number of rotatable bonds is 9. The van der Waals surface area contributed by atoms with Crippen molar-refractivity contribution in [2.75, 3.05) is 64.3 Å². The molecule has 2 aromatic heterocycles. The molecule has 1 fully saturated rings. The van der Waals surface area contributed by atoms with Gasteiger partial charge < -0.3 is 14.4 Å². The van der Waals surface area contributed by atoms with E-state index in [1.165, 1.54) is 18.1 Å². The van der Waals surface area contributed by atoms with Crippen molar-refractivity contribution in [2.24, 2.45) is 0 Å². The Bertz CT molecular complexity index is 1180. The van der Waals surface area contributed by atoms with Crippen molar-refractivity contribution in [1.29, 1.82) is 0 Å². The largest absolute Gasteiger partial charge is 0.490 e. The summed E-state index contributed by atoms with van der Waals surface area (Å²) in [5.41, 5.74) is 1.38. The first-order chi connectivity index (χ1) is 17.4. The summed E-state index contributed by atoms with van der Waals surface area (Å²) in [7, 11) is 5.00. The lowest BCUT2D eigenvalue weighted by Crippen LogP contribution is -2.48. The van der Waals surface area contributed by atoms with E-state index in [-0.39, 0.29) is 29.8 Å². The number of likely N-dealkylation sites (N-methyl/N-ethyl adjacent to an activating group) is 1. The molecule has 0 aliphatic carbocycles. The predicted octanol–water partition coefficient (Wildman–Crippen LogP) is 1.63. The highest BCUT2D eigenvalue weighted by Gasteiger charge is 2.23. The monoisotopic (exact) mass is 494 g/mol. The predicted molar refractivity (Wildman–Crippen MR) is 134 cm³/mol. The van der Waals surface area contributed by atoms with Crippen molar-refractivity contribution < 1.29 is 23.9 Å². The van der Waals surface area contributed by atoms with Gasteiger partial charge in [-0.1, -0.05) is 12.0 Å². The van der Waals surface area contributed by atoms with Crippen molar-refractivity contribution in [3.63, 3.8) is 0 Å². The van der Waals surface area contributed by atoms with Crippen LogP contribution in [0.3, 0.4) is 0 Å². The number of anilines is 2. The Morgan fingerprint density at radius 2 is 2.11 bits per heavy atom. The van der Waals surface area contributed by atoms with Gasteiger partial charge in [0.05, 0.1) is 18.7 Å². The van der Waals surface area contributed by atoms with E-state index >= 15 is 0 Å². The smallest absolute Gasteiger partial charge is 0.328 e. The van der Waals surface area contributed by atoms with Crippen LogP contribution >= 0.6 is 0 Å². The third-order valence-electron chi connectivity index (χ3n) is 5.53. The topological polar surface area (TPSA) is 117 Å². The second-order valence-electron chi connectivity index (χ2n) is 8.16. The molecule has 1 N–H and O–H groups in total. The molecule has 36 heavy (non-hydrogen) atoms. The first-order valence-electron chi connectivity index (χ1n) is 11.4. The van der Waals surface area contributed by atoms with Crippen LogP contribution in [0.25, 0.3) is 0 Å². The van der Waals surface area contributed by atoms with E-state index < -0.39 is 6.03 Å². The highest BCUT2D eigenvalue weighted by molar-refractivity contribution is 6.00. The lowest BCUT2D eigenvalue weighted by atomic mass is 10.1. The third kappa shape index (κ3) is 6.78. The number of carbonyl (C=O) groups excluding carboxylic acids is 3. The van der Waals surface area contributed by atoms with Crippen LogP contribution in [-0.4, -0.2) is 92.0 Å². The number of aldehydes is 1. The van der Waals surface area contributed by atoms with Gasteiger partial charge in [0.1, 0.15) is 29.7 Å². The Morgan fingerprint density at radius 3 is 2.81 bits per heavy atom. The summed E-state index contributed by atoms with van der Waals surface area (Å²) in [4.78, 5) is 50.4. The van der Waals surface area contributed by atoms with Crippen LogP contribution in [0.15, 0.2) is 24.4 Å². The number of nitrogens with zero attached hydrogens (tertiary/aromatic N) is 5. The van der Waals surface area contributed by atoms with Crippen LogP contribution < -0.4 is 15.0 Å². The molecular formula is C25H30N6O5. The second-order valence-corrected chi connectivity index (χ2v) is 8.16. The van der Waals surface area contributed by atoms with Crippen LogP contribution in [0.5, 0.6) is 5.75 Å². The lowest BCUT2D eigenvalue weighted by Gasteiger charge is -2.32. The molecule has 11 heteroatoms. The first-order valence-corrected chi connectivity index (χ1v) is 11.4. The molecule has 190 valence electrons. The molecule has 2 aromatic rings. The number of methoxy groups -OCH3 is 1. The van der Waals surface area contributed by atoms with Gasteiger partial charge in [-0.3, -0.25) is 24.7 Å². The van der Waals surface area contributed by atoms with E-state index in [2.05, 4.69) is 27.1 Å². The minimum atomic E-state index is -0.508. The van der Waals surface area contributed by atoms with Gasteiger partial charge in [0.15, 0.2) is 6.29 Å². The molecule has 1 aliphatic heterocycles. The van der Waals surface area contributed by atoms with E-state index in [4.69, 9.17) is 9.47 Å². The van der Waals surface area contributed by atoms with Crippen molar-refractivity contribution >= 4 is 29.9 Å². The van der Waals surface area contributed by atoms with E-state index in [0.29, 0.717) is 49.5 Å². The molecule has 0 radical (unpaired) electrons. The number of piperazine rings is 1. The Labute approximate surface area is 210 Å². The molecule has 0 saturated carbocycles. The molecule has 0 atom stereocenters. The number of pyridine rings is 2. The average Bonchev–Trinajstić information content (AvgIpc) is 2.87.